The molecular weight excluding hydrogens is 462 g/mol. The maximum atomic E-state index is 13.5. The Bertz CT molecular complexity index is 1330. The van der Waals surface area contributed by atoms with Crippen molar-refractivity contribution in [1.82, 2.24) is 4.90 Å². The van der Waals surface area contributed by atoms with Crippen molar-refractivity contribution in [3.8, 4) is 11.1 Å². The molecule has 6 heteroatoms. The van der Waals surface area contributed by atoms with Gasteiger partial charge in [0.1, 0.15) is 0 Å². The summed E-state index contributed by atoms with van der Waals surface area (Å²) < 4.78 is 5.46. The largest absolute Gasteiger partial charge is 0.398 e. The predicted octanol–water partition coefficient (Wildman–Crippen LogP) is 4.46. The molecule has 6 rings (SSSR count). The van der Waals surface area contributed by atoms with Gasteiger partial charge in [0, 0.05) is 43.9 Å². The van der Waals surface area contributed by atoms with Crippen molar-refractivity contribution in [1.29, 1.82) is 0 Å². The zero-order valence-electron chi connectivity index (χ0n) is 21.1. The monoisotopic (exact) mass is 495 g/mol. The summed E-state index contributed by atoms with van der Waals surface area (Å²) in [5, 5.41) is 0. The summed E-state index contributed by atoms with van der Waals surface area (Å²) in [6.07, 6.45) is 2.83. The molecule has 190 valence electrons. The fourth-order valence-corrected chi connectivity index (χ4v) is 5.58. The van der Waals surface area contributed by atoms with E-state index in [1.165, 1.54) is 5.56 Å². The summed E-state index contributed by atoms with van der Waals surface area (Å²) in [5.41, 5.74) is 13.8. The van der Waals surface area contributed by atoms with E-state index in [4.69, 9.17) is 10.5 Å². The third-order valence-electron chi connectivity index (χ3n) is 7.81. The van der Waals surface area contributed by atoms with Crippen LogP contribution in [-0.4, -0.2) is 56.0 Å². The minimum Gasteiger partial charge on any atom is -0.398 e. The maximum Gasteiger partial charge on any atom is 0.231 e. The highest BCUT2D eigenvalue weighted by atomic mass is 16.5. The number of carbonyl (C=O) groups excluding carboxylic acids is 2. The maximum absolute atomic E-state index is 13.5. The number of anilines is 2. The molecule has 2 heterocycles. The lowest BCUT2D eigenvalue weighted by molar-refractivity contribution is -0.117. The highest BCUT2D eigenvalue weighted by Gasteiger charge is 2.36. The molecule has 0 atom stereocenters. The Labute approximate surface area is 218 Å². The first-order valence-electron chi connectivity index (χ1n) is 13.3. The quantitative estimate of drug-likeness (QED) is 0.369. The second-order valence-electron chi connectivity index (χ2n) is 10.4. The van der Waals surface area contributed by atoms with Gasteiger partial charge in [-0.1, -0.05) is 36.4 Å². The summed E-state index contributed by atoms with van der Waals surface area (Å²) in [4.78, 5) is 30.9. The Balaban J connectivity index is 1.25. The molecule has 3 aromatic rings. The predicted molar refractivity (Wildman–Crippen MR) is 146 cm³/mol. The number of hydrogen-bond donors (Lipinski definition) is 1. The number of nitrogens with two attached hydrogens (primary N) is 1. The zero-order chi connectivity index (χ0) is 25.4. The lowest BCUT2D eigenvalue weighted by atomic mass is 9.93. The van der Waals surface area contributed by atoms with Crippen LogP contribution in [0.15, 0.2) is 60.7 Å². The Morgan fingerprint density at radius 2 is 1.73 bits per heavy atom. The number of rotatable bonds is 8. The Hall–Kier alpha value is -3.48. The minimum atomic E-state index is 0.0424. The molecule has 2 fully saturated rings. The number of ether oxygens (including phenoxy) is 1. The number of fused-ring (bicyclic) bond motifs is 1. The molecule has 3 aromatic carbocycles. The van der Waals surface area contributed by atoms with Gasteiger partial charge in [-0.2, -0.15) is 0 Å². The lowest BCUT2D eigenvalue weighted by Gasteiger charge is -2.29. The summed E-state index contributed by atoms with van der Waals surface area (Å²) in [5.74, 6) is 0.611. The zero-order valence-corrected chi connectivity index (χ0v) is 21.1. The summed E-state index contributed by atoms with van der Waals surface area (Å²) in [6, 6.07) is 20.0. The van der Waals surface area contributed by atoms with Crippen LogP contribution in [0.2, 0.25) is 0 Å². The van der Waals surface area contributed by atoms with Crippen molar-refractivity contribution in [3.63, 3.8) is 0 Å². The molecule has 0 aromatic heterocycles. The van der Waals surface area contributed by atoms with Crippen molar-refractivity contribution in [2.24, 2.45) is 0 Å². The van der Waals surface area contributed by atoms with Gasteiger partial charge >= 0.3 is 0 Å². The third-order valence-corrected chi connectivity index (χ3v) is 7.81. The van der Waals surface area contributed by atoms with E-state index in [2.05, 4.69) is 23.1 Å². The highest BCUT2D eigenvalue weighted by molar-refractivity contribution is 6.05. The van der Waals surface area contributed by atoms with E-state index in [9.17, 15) is 9.59 Å². The van der Waals surface area contributed by atoms with E-state index in [1.54, 1.807) is 0 Å². The van der Waals surface area contributed by atoms with Gasteiger partial charge in [0.15, 0.2) is 5.78 Å². The summed E-state index contributed by atoms with van der Waals surface area (Å²) in [7, 11) is 0. The SMILES string of the molecule is Nc1ccc(-c2ccccc2)cc1CC(=O)c1cc2c(c(C3CC3)c1)N(CCN1CCOCC1)C(=O)C2. The smallest absolute Gasteiger partial charge is 0.231 e. The van der Waals surface area contributed by atoms with Crippen molar-refractivity contribution in [2.45, 2.75) is 31.6 Å². The average Bonchev–Trinajstić information content (AvgIpc) is 3.72. The minimum absolute atomic E-state index is 0.0424. The van der Waals surface area contributed by atoms with Gasteiger partial charge in [0.05, 0.1) is 25.3 Å². The van der Waals surface area contributed by atoms with Crippen LogP contribution in [0.1, 0.15) is 45.8 Å². The Kier molecular flexibility index (Phi) is 6.53. The van der Waals surface area contributed by atoms with E-state index in [-0.39, 0.29) is 18.1 Å². The number of Topliss-reactive ketones (excluding diaryl/α,β-unsaturated/α-hetero) is 1. The first-order chi connectivity index (χ1) is 18.1. The van der Waals surface area contributed by atoms with Crippen molar-refractivity contribution in [3.05, 3.63) is 82.9 Å². The Morgan fingerprint density at radius 1 is 0.946 bits per heavy atom. The first kappa shape index (κ1) is 23.9. The molecule has 0 spiro atoms. The average molecular weight is 496 g/mol. The molecule has 0 bridgehead atoms. The van der Waals surface area contributed by atoms with Crippen LogP contribution < -0.4 is 10.6 Å². The first-order valence-corrected chi connectivity index (χ1v) is 13.3. The van der Waals surface area contributed by atoms with E-state index < -0.39 is 0 Å². The number of nitrogens with zero attached hydrogens (tertiary/aromatic N) is 2. The van der Waals surface area contributed by atoms with E-state index in [0.29, 0.717) is 30.1 Å². The molecule has 37 heavy (non-hydrogen) atoms. The van der Waals surface area contributed by atoms with E-state index >= 15 is 0 Å². The van der Waals surface area contributed by atoms with Crippen LogP contribution in [0.5, 0.6) is 0 Å². The number of ketones is 1. The van der Waals surface area contributed by atoms with Crippen LogP contribution in [0.4, 0.5) is 11.4 Å². The van der Waals surface area contributed by atoms with Crippen LogP contribution >= 0.6 is 0 Å². The van der Waals surface area contributed by atoms with Crippen molar-refractivity contribution >= 4 is 23.1 Å². The second-order valence-corrected chi connectivity index (χ2v) is 10.4. The van der Waals surface area contributed by atoms with Gasteiger partial charge in [0.25, 0.3) is 0 Å². The number of morpholine rings is 1. The molecule has 6 nitrogen and oxygen atoms in total. The molecule has 0 unspecified atom stereocenters. The second kappa shape index (κ2) is 10.1. The standard InChI is InChI=1S/C31H33N3O3/c32-28-9-8-23(21-4-2-1-3-5-21)16-24(28)19-29(35)25-17-26-20-30(36)34(11-10-33-12-14-37-15-13-33)31(26)27(18-25)22-6-7-22/h1-5,8-9,16-18,22H,6-7,10-15,19-20,32H2. The normalized spacial score (nSPS) is 17.7. The number of benzene rings is 3. The third kappa shape index (κ3) is 5.04. The van der Waals surface area contributed by atoms with Crippen molar-refractivity contribution < 1.29 is 14.3 Å². The van der Waals surface area contributed by atoms with E-state index in [1.807, 2.05) is 47.4 Å². The number of amides is 1. The molecule has 2 aliphatic heterocycles. The fraction of sp³-hybridized carbons (Fsp3) is 0.355. The molecular formula is C31H33N3O3. The number of hydrogen-bond acceptors (Lipinski definition) is 5. The molecule has 0 radical (unpaired) electrons. The lowest BCUT2D eigenvalue weighted by Crippen LogP contribution is -2.42. The van der Waals surface area contributed by atoms with E-state index in [0.717, 1.165) is 73.6 Å². The van der Waals surface area contributed by atoms with Gasteiger partial charge in [-0.15, -0.1) is 0 Å². The Morgan fingerprint density at radius 3 is 2.49 bits per heavy atom. The van der Waals surface area contributed by atoms with Crippen LogP contribution in [0, 0.1) is 0 Å². The van der Waals surface area contributed by atoms with Gasteiger partial charge in [0.2, 0.25) is 5.91 Å². The molecule has 1 amide bonds. The van der Waals surface area contributed by atoms with Gasteiger partial charge in [-0.3, -0.25) is 14.5 Å². The van der Waals surface area contributed by atoms with Gasteiger partial charge < -0.3 is 15.4 Å². The van der Waals surface area contributed by atoms with Crippen molar-refractivity contribution in [2.75, 3.05) is 50.0 Å². The number of nitrogen functional groups attached to an aromatic ring is 1. The summed E-state index contributed by atoms with van der Waals surface area (Å²) in [6.45, 7) is 4.85. The molecule has 3 aliphatic rings. The van der Waals surface area contributed by atoms with Crippen LogP contribution in [0.3, 0.4) is 0 Å². The molecule has 1 saturated heterocycles. The molecule has 2 N–H and O–H groups in total. The van der Waals surface area contributed by atoms with Gasteiger partial charge in [-0.05, 0) is 70.8 Å². The van der Waals surface area contributed by atoms with Crippen LogP contribution in [0.25, 0.3) is 11.1 Å². The molecule has 1 saturated carbocycles. The van der Waals surface area contributed by atoms with Crippen LogP contribution in [-0.2, 0) is 22.4 Å². The number of carbonyl (C=O) groups is 2. The highest BCUT2D eigenvalue weighted by Crippen LogP contribution is 2.48. The van der Waals surface area contributed by atoms with Gasteiger partial charge in [-0.25, -0.2) is 0 Å². The molecule has 1 aliphatic carbocycles. The topological polar surface area (TPSA) is 75.9 Å². The summed E-state index contributed by atoms with van der Waals surface area (Å²) >= 11 is 0. The fourth-order valence-electron chi connectivity index (χ4n) is 5.58.